The average molecular weight is 357 g/mol. The number of nitrogens with zero attached hydrogens (tertiary/aromatic N) is 2. The molecular formula is C14H15BrClN3O. The first-order valence-electron chi connectivity index (χ1n) is 6.22. The van der Waals surface area contributed by atoms with Crippen LogP contribution in [0.25, 0.3) is 0 Å². The number of nitrogens with one attached hydrogen (secondary N) is 1. The van der Waals surface area contributed by atoms with Gasteiger partial charge in [-0.05, 0) is 18.2 Å². The molecule has 6 heteroatoms. The first-order valence-corrected chi connectivity index (χ1v) is 7.39. The lowest BCUT2D eigenvalue weighted by Crippen LogP contribution is -2.22. The van der Waals surface area contributed by atoms with Crippen LogP contribution in [0.2, 0.25) is 5.02 Å². The van der Waals surface area contributed by atoms with Crippen LogP contribution >= 0.6 is 27.5 Å². The molecule has 106 valence electrons. The molecule has 1 aromatic carbocycles. The van der Waals surface area contributed by atoms with Gasteiger partial charge in [0.1, 0.15) is 5.75 Å². The number of halogens is 2. The highest BCUT2D eigenvalue weighted by molar-refractivity contribution is 9.10. The van der Waals surface area contributed by atoms with Crippen LogP contribution in [0.4, 0.5) is 0 Å². The molecule has 0 saturated carbocycles. The van der Waals surface area contributed by atoms with Crippen molar-refractivity contribution < 1.29 is 4.74 Å². The van der Waals surface area contributed by atoms with E-state index in [1.54, 1.807) is 24.5 Å². The molecule has 20 heavy (non-hydrogen) atoms. The molecular weight excluding hydrogens is 342 g/mol. The summed E-state index contributed by atoms with van der Waals surface area (Å²) in [6.45, 7) is 4.80. The fourth-order valence-corrected chi connectivity index (χ4v) is 1.99. The van der Waals surface area contributed by atoms with Gasteiger partial charge in [0.25, 0.3) is 0 Å². The van der Waals surface area contributed by atoms with Crippen molar-refractivity contribution in [2.75, 3.05) is 0 Å². The minimum Gasteiger partial charge on any atom is -0.436 e. The van der Waals surface area contributed by atoms with Gasteiger partial charge >= 0.3 is 0 Å². The zero-order chi connectivity index (χ0) is 14.5. The molecule has 0 aliphatic carbocycles. The van der Waals surface area contributed by atoms with E-state index >= 15 is 0 Å². The van der Waals surface area contributed by atoms with E-state index in [9.17, 15) is 0 Å². The highest BCUT2D eigenvalue weighted by Crippen LogP contribution is 2.31. The van der Waals surface area contributed by atoms with Crippen molar-refractivity contribution in [2.24, 2.45) is 0 Å². The van der Waals surface area contributed by atoms with E-state index in [4.69, 9.17) is 16.3 Å². The molecule has 2 rings (SSSR count). The quantitative estimate of drug-likeness (QED) is 0.873. The van der Waals surface area contributed by atoms with E-state index in [1.807, 2.05) is 6.07 Å². The van der Waals surface area contributed by atoms with Crippen LogP contribution in [0, 0.1) is 0 Å². The Kier molecular flexibility index (Phi) is 5.34. The maximum absolute atomic E-state index is 6.08. The molecule has 0 bridgehead atoms. The summed E-state index contributed by atoms with van der Waals surface area (Å²) in [6.07, 6.45) is 3.28. The van der Waals surface area contributed by atoms with E-state index in [0.717, 1.165) is 10.2 Å². The van der Waals surface area contributed by atoms with Crippen LogP contribution in [0.1, 0.15) is 19.5 Å². The van der Waals surface area contributed by atoms with Gasteiger partial charge in [-0.15, -0.1) is 0 Å². The van der Waals surface area contributed by atoms with E-state index in [1.165, 1.54) is 0 Å². The molecule has 0 saturated heterocycles. The number of aromatic nitrogens is 2. The molecule has 0 atom stereocenters. The molecule has 0 spiro atoms. The summed E-state index contributed by atoms with van der Waals surface area (Å²) in [5.41, 5.74) is 0.822. The second kappa shape index (κ2) is 7.02. The van der Waals surface area contributed by atoms with Crippen LogP contribution < -0.4 is 10.1 Å². The Morgan fingerprint density at radius 3 is 2.90 bits per heavy atom. The van der Waals surface area contributed by atoms with Crippen molar-refractivity contribution in [1.82, 2.24) is 15.3 Å². The topological polar surface area (TPSA) is 47.0 Å². The molecule has 2 aromatic rings. The van der Waals surface area contributed by atoms with Crippen molar-refractivity contribution in [2.45, 2.75) is 26.4 Å². The number of hydrogen-bond donors (Lipinski definition) is 1. The third kappa shape index (κ3) is 4.44. The van der Waals surface area contributed by atoms with E-state index in [-0.39, 0.29) is 0 Å². The Morgan fingerprint density at radius 1 is 1.35 bits per heavy atom. The Hall–Kier alpha value is -1.17. The van der Waals surface area contributed by atoms with Gasteiger partial charge in [-0.1, -0.05) is 41.4 Å². The lowest BCUT2D eigenvalue weighted by Gasteiger charge is -2.10. The summed E-state index contributed by atoms with van der Waals surface area (Å²) in [6, 6.07) is 5.80. The summed E-state index contributed by atoms with van der Waals surface area (Å²) in [4.78, 5) is 8.52. The van der Waals surface area contributed by atoms with Crippen LogP contribution in [-0.2, 0) is 6.54 Å². The molecule has 1 aromatic heterocycles. The van der Waals surface area contributed by atoms with Crippen LogP contribution in [-0.4, -0.2) is 16.0 Å². The van der Waals surface area contributed by atoms with Gasteiger partial charge in [0, 0.05) is 23.3 Å². The van der Waals surface area contributed by atoms with Gasteiger partial charge in [0.15, 0.2) is 0 Å². The summed E-state index contributed by atoms with van der Waals surface area (Å²) in [5.74, 6) is 0.970. The lowest BCUT2D eigenvalue weighted by atomic mass is 10.3. The maximum atomic E-state index is 6.08. The van der Waals surface area contributed by atoms with Crippen LogP contribution in [0.3, 0.4) is 0 Å². The normalized spacial score (nSPS) is 10.8. The number of benzene rings is 1. The minimum atomic E-state index is 0.390. The molecule has 0 amide bonds. The Balaban J connectivity index is 2.13. The Bertz CT molecular complexity index is 592. The number of rotatable bonds is 5. The molecule has 0 aliphatic rings. The standard InChI is InChI=1S/C14H15BrClN3O/c1-9(2)18-7-11-6-17-8-14(19-11)20-13-5-10(15)3-4-12(13)16/h3-6,8-9,18H,7H2,1-2H3. The highest BCUT2D eigenvalue weighted by atomic mass is 79.9. The minimum absolute atomic E-state index is 0.390. The smallest absolute Gasteiger partial charge is 0.238 e. The van der Waals surface area contributed by atoms with Crippen LogP contribution in [0.15, 0.2) is 35.1 Å². The van der Waals surface area contributed by atoms with Gasteiger partial charge in [-0.2, -0.15) is 0 Å². The maximum Gasteiger partial charge on any atom is 0.238 e. The summed E-state index contributed by atoms with van der Waals surface area (Å²) in [5, 5.41) is 3.81. The Morgan fingerprint density at radius 2 is 2.15 bits per heavy atom. The SMILES string of the molecule is CC(C)NCc1cncc(Oc2cc(Br)ccc2Cl)n1. The van der Waals surface area contributed by atoms with Crippen molar-refractivity contribution >= 4 is 27.5 Å². The van der Waals surface area contributed by atoms with Gasteiger partial charge in [-0.25, -0.2) is 4.98 Å². The summed E-state index contributed by atoms with van der Waals surface area (Å²) < 4.78 is 6.57. The van der Waals surface area contributed by atoms with E-state index < -0.39 is 0 Å². The predicted octanol–water partition coefficient (Wildman–Crippen LogP) is 4.18. The first-order chi connectivity index (χ1) is 9.54. The fraction of sp³-hybridized carbons (Fsp3) is 0.286. The third-order valence-corrected chi connectivity index (χ3v) is 3.27. The second-order valence-electron chi connectivity index (χ2n) is 4.56. The molecule has 0 radical (unpaired) electrons. The van der Waals surface area contributed by atoms with Crippen LogP contribution in [0.5, 0.6) is 11.6 Å². The monoisotopic (exact) mass is 355 g/mol. The Labute approximate surface area is 131 Å². The average Bonchev–Trinajstić information content (AvgIpc) is 2.41. The van der Waals surface area contributed by atoms with E-state index in [0.29, 0.717) is 29.2 Å². The molecule has 1 N–H and O–H groups in total. The second-order valence-corrected chi connectivity index (χ2v) is 5.88. The van der Waals surface area contributed by atoms with Crippen molar-refractivity contribution in [1.29, 1.82) is 0 Å². The van der Waals surface area contributed by atoms with Gasteiger partial charge in [-0.3, -0.25) is 4.98 Å². The largest absolute Gasteiger partial charge is 0.436 e. The number of hydrogen-bond acceptors (Lipinski definition) is 4. The fourth-order valence-electron chi connectivity index (χ4n) is 1.50. The molecule has 0 unspecified atom stereocenters. The summed E-state index contributed by atoms with van der Waals surface area (Å²) in [7, 11) is 0. The molecule has 1 heterocycles. The molecule has 0 fully saturated rings. The van der Waals surface area contributed by atoms with Gasteiger partial charge in [0.05, 0.1) is 16.9 Å². The van der Waals surface area contributed by atoms with Crippen molar-refractivity contribution in [3.63, 3.8) is 0 Å². The van der Waals surface area contributed by atoms with Gasteiger partial charge in [0.2, 0.25) is 5.88 Å². The van der Waals surface area contributed by atoms with Gasteiger partial charge < -0.3 is 10.1 Å². The predicted molar refractivity (Wildman–Crippen MR) is 83.2 cm³/mol. The van der Waals surface area contributed by atoms with Crippen molar-refractivity contribution in [3.8, 4) is 11.6 Å². The zero-order valence-electron chi connectivity index (χ0n) is 11.2. The summed E-state index contributed by atoms with van der Waals surface area (Å²) >= 11 is 9.46. The lowest BCUT2D eigenvalue weighted by molar-refractivity contribution is 0.455. The third-order valence-electron chi connectivity index (χ3n) is 2.46. The number of ether oxygens (including phenoxy) is 1. The highest BCUT2D eigenvalue weighted by Gasteiger charge is 2.06. The van der Waals surface area contributed by atoms with E-state index in [2.05, 4.69) is 45.1 Å². The zero-order valence-corrected chi connectivity index (χ0v) is 13.6. The molecule has 0 aliphatic heterocycles. The van der Waals surface area contributed by atoms with Crippen molar-refractivity contribution in [3.05, 3.63) is 45.8 Å². The molecule has 4 nitrogen and oxygen atoms in total. The first kappa shape index (κ1) is 15.2.